The zero-order chi connectivity index (χ0) is 18.3. The van der Waals surface area contributed by atoms with Gasteiger partial charge in [0.2, 0.25) is 15.9 Å². The number of para-hydroxylation sites is 1. The Kier molecular flexibility index (Phi) is 7.16. The molecular formula is C17H19ClN2O3S2. The first-order valence-electron chi connectivity index (χ1n) is 7.55. The number of sulfonamides is 1. The molecule has 0 aliphatic heterocycles. The van der Waals surface area contributed by atoms with Gasteiger partial charge in [-0.15, -0.1) is 11.8 Å². The Morgan fingerprint density at radius 2 is 1.76 bits per heavy atom. The highest BCUT2D eigenvalue weighted by atomic mass is 35.5. The van der Waals surface area contributed by atoms with Crippen molar-refractivity contribution in [1.29, 1.82) is 0 Å². The molecule has 0 aromatic heterocycles. The summed E-state index contributed by atoms with van der Waals surface area (Å²) in [6.07, 6.45) is 1.05. The van der Waals surface area contributed by atoms with Crippen LogP contribution in [0.5, 0.6) is 0 Å². The normalized spacial score (nSPS) is 11.1. The third-order valence-electron chi connectivity index (χ3n) is 3.24. The zero-order valence-corrected chi connectivity index (χ0v) is 16.1. The van der Waals surface area contributed by atoms with Gasteiger partial charge in [-0.2, -0.15) is 0 Å². The molecule has 0 bridgehead atoms. The zero-order valence-electron chi connectivity index (χ0n) is 13.7. The summed E-state index contributed by atoms with van der Waals surface area (Å²) >= 11 is 7.68. The number of amides is 1. The van der Waals surface area contributed by atoms with Gasteiger partial charge >= 0.3 is 0 Å². The Morgan fingerprint density at radius 3 is 2.40 bits per heavy atom. The van der Waals surface area contributed by atoms with Crippen LogP contribution < -0.4 is 9.62 Å². The Hall–Kier alpha value is -1.70. The average Bonchev–Trinajstić information content (AvgIpc) is 2.57. The first-order chi connectivity index (χ1) is 11.9. The molecule has 2 rings (SSSR count). The fraction of sp³-hybridized carbons (Fsp3) is 0.235. The highest BCUT2D eigenvalue weighted by molar-refractivity contribution is 7.99. The predicted molar refractivity (Wildman–Crippen MR) is 104 cm³/mol. The summed E-state index contributed by atoms with van der Waals surface area (Å²) in [7, 11) is -3.63. The summed E-state index contributed by atoms with van der Waals surface area (Å²) < 4.78 is 25.0. The maximum Gasteiger partial charge on any atom is 0.240 e. The molecule has 5 nitrogen and oxygen atoms in total. The van der Waals surface area contributed by atoms with Crippen LogP contribution in [0.4, 0.5) is 5.69 Å². The Balaban J connectivity index is 1.91. The number of carbonyl (C=O) groups is 1. The van der Waals surface area contributed by atoms with Crippen molar-refractivity contribution in [1.82, 2.24) is 5.32 Å². The van der Waals surface area contributed by atoms with Crippen LogP contribution >= 0.6 is 23.4 Å². The summed E-state index contributed by atoms with van der Waals surface area (Å²) in [6, 6.07) is 16.4. The summed E-state index contributed by atoms with van der Waals surface area (Å²) in [5.41, 5.74) is 0.292. The van der Waals surface area contributed by atoms with Gasteiger partial charge in [0.1, 0.15) is 6.54 Å². The Morgan fingerprint density at radius 1 is 1.12 bits per heavy atom. The van der Waals surface area contributed by atoms with Gasteiger partial charge in [0.25, 0.3) is 0 Å². The van der Waals surface area contributed by atoms with Crippen molar-refractivity contribution in [2.75, 3.05) is 29.4 Å². The summed E-state index contributed by atoms with van der Waals surface area (Å²) in [4.78, 5) is 13.2. The lowest BCUT2D eigenvalue weighted by Crippen LogP contribution is -2.41. The Bertz CT molecular complexity index is 814. The quantitative estimate of drug-likeness (QED) is 0.548. The number of carbonyl (C=O) groups excluding carboxylic acids is 1. The lowest BCUT2D eigenvalue weighted by molar-refractivity contribution is -0.119. The summed E-state index contributed by atoms with van der Waals surface area (Å²) in [6.45, 7) is 0.136. The molecule has 2 aromatic carbocycles. The predicted octanol–water partition coefficient (Wildman–Crippen LogP) is 3.01. The molecule has 0 saturated heterocycles. The molecule has 0 spiro atoms. The number of hydrogen-bond acceptors (Lipinski definition) is 4. The minimum atomic E-state index is -3.63. The van der Waals surface area contributed by atoms with Crippen LogP contribution in [0.2, 0.25) is 5.02 Å². The van der Waals surface area contributed by atoms with Crippen LogP contribution in [0.1, 0.15) is 0 Å². The van der Waals surface area contributed by atoms with Crippen molar-refractivity contribution in [3.8, 4) is 0 Å². The van der Waals surface area contributed by atoms with Gasteiger partial charge in [0, 0.05) is 17.2 Å². The molecule has 2 aromatic rings. The number of anilines is 1. The first-order valence-corrected chi connectivity index (χ1v) is 10.8. The minimum absolute atomic E-state index is 0.278. The molecule has 1 N–H and O–H groups in total. The molecule has 0 radical (unpaired) electrons. The molecule has 8 heteroatoms. The number of halogens is 1. The van der Waals surface area contributed by atoms with Crippen LogP contribution in [-0.4, -0.2) is 39.4 Å². The number of nitrogens with one attached hydrogen (secondary N) is 1. The second-order valence-corrected chi connectivity index (χ2v) is 8.71. The Labute approximate surface area is 157 Å². The van der Waals surface area contributed by atoms with E-state index in [9.17, 15) is 13.2 Å². The third-order valence-corrected chi connectivity index (χ3v) is 5.70. The number of thioether (sulfide) groups is 1. The topological polar surface area (TPSA) is 66.5 Å². The standard InChI is InChI=1S/C17H19ClN2O3S2/c1-25(22,23)20(16-10-6-5-9-15(16)18)13-17(21)19-11-12-24-14-7-3-2-4-8-14/h2-10H,11-13H2,1H3,(H,19,21). The van der Waals surface area contributed by atoms with E-state index in [4.69, 9.17) is 11.6 Å². The van der Waals surface area contributed by atoms with Gasteiger partial charge in [-0.3, -0.25) is 9.10 Å². The van der Waals surface area contributed by atoms with Crippen LogP contribution in [0.25, 0.3) is 0 Å². The van der Waals surface area contributed by atoms with Gasteiger partial charge in [0.15, 0.2) is 0 Å². The van der Waals surface area contributed by atoms with E-state index < -0.39 is 10.0 Å². The second-order valence-electron chi connectivity index (χ2n) is 5.23. The smallest absolute Gasteiger partial charge is 0.240 e. The van der Waals surface area contributed by atoms with Crippen molar-refractivity contribution in [2.45, 2.75) is 4.90 Å². The van der Waals surface area contributed by atoms with Crippen LogP contribution in [0.15, 0.2) is 59.5 Å². The van der Waals surface area contributed by atoms with Crippen LogP contribution in [0.3, 0.4) is 0 Å². The highest BCUT2D eigenvalue weighted by Gasteiger charge is 2.22. The van der Waals surface area contributed by atoms with E-state index in [0.29, 0.717) is 18.0 Å². The fourth-order valence-corrected chi connectivity index (χ4v) is 4.04. The van der Waals surface area contributed by atoms with E-state index in [0.717, 1.165) is 15.5 Å². The van der Waals surface area contributed by atoms with Gasteiger partial charge in [-0.25, -0.2) is 8.42 Å². The monoisotopic (exact) mass is 398 g/mol. The van der Waals surface area contributed by atoms with Crippen molar-refractivity contribution in [3.05, 3.63) is 59.6 Å². The van der Waals surface area contributed by atoms with E-state index in [1.807, 2.05) is 30.3 Å². The van der Waals surface area contributed by atoms with Crippen molar-refractivity contribution in [2.24, 2.45) is 0 Å². The average molecular weight is 399 g/mol. The molecular weight excluding hydrogens is 380 g/mol. The molecule has 1 amide bonds. The van der Waals surface area contributed by atoms with Gasteiger partial charge in [-0.05, 0) is 24.3 Å². The first kappa shape index (κ1) is 19.6. The van der Waals surface area contributed by atoms with E-state index in [2.05, 4.69) is 5.32 Å². The lowest BCUT2D eigenvalue weighted by atomic mass is 10.3. The third kappa shape index (κ3) is 6.26. The minimum Gasteiger partial charge on any atom is -0.354 e. The highest BCUT2D eigenvalue weighted by Crippen LogP contribution is 2.26. The van der Waals surface area contributed by atoms with E-state index in [1.165, 1.54) is 0 Å². The number of nitrogens with zero attached hydrogens (tertiary/aromatic N) is 1. The van der Waals surface area contributed by atoms with E-state index in [1.54, 1.807) is 36.0 Å². The number of rotatable bonds is 8. The van der Waals surface area contributed by atoms with Crippen molar-refractivity contribution in [3.63, 3.8) is 0 Å². The molecule has 0 aliphatic rings. The number of hydrogen-bond donors (Lipinski definition) is 1. The molecule has 134 valence electrons. The summed E-state index contributed by atoms with van der Waals surface area (Å²) in [5.74, 6) is 0.319. The molecule has 0 unspecified atom stereocenters. The molecule has 0 fully saturated rings. The van der Waals surface area contributed by atoms with Crippen LogP contribution in [0, 0.1) is 0 Å². The molecule has 0 heterocycles. The van der Waals surface area contributed by atoms with Crippen molar-refractivity contribution >= 4 is 45.0 Å². The number of benzene rings is 2. The van der Waals surface area contributed by atoms with Gasteiger partial charge in [-0.1, -0.05) is 41.9 Å². The molecule has 25 heavy (non-hydrogen) atoms. The SMILES string of the molecule is CS(=O)(=O)N(CC(=O)NCCSc1ccccc1)c1ccccc1Cl. The second kappa shape index (κ2) is 9.12. The lowest BCUT2D eigenvalue weighted by Gasteiger charge is -2.22. The van der Waals surface area contributed by atoms with E-state index >= 15 is 0 Å². The maximum absolute atomic E-state index is 12.1. The van der Waals surface area contributed by atoms with Crippen LogP contribution in [-0.2, 0) is 14.8 Å². The van der Waals surface area contributed by atoms with E-state index in [-0.39, 0.29) is 17.5 Å². The molecule has 0 atom stereocenters. The summed E-state index contributed by atoms with van der Waals surface area (Å²) in [5, 5.41) is 3.01. The fourth-order valence-electron chi connectivity index (χ4n) is 2.10. The van der Waals surface area contributed by atoms with Gasteiger partial charge in [0.05, 0.1) is 17.0 Å². The van der Waals surface area contributed by atoms with Gasteiger partial charge < -0.3 is 5.32 Å². The molecule has 0 aliphatic carbocycles. The maximum atomic E-state index is 12.1. The largest absolute Gasteiger partial charge is 0.354 e. The van der Waals surface area contributed by atoms with Crippen molar-refractivity contribution < 1.29 is 13.2 Å². The molecule has 0 saturated carbocycles.